The predicted molar refractivity (Wildman–Crippen MR) is 74.8 cm³/mol. The van der Waals surface area contributed by atoms with Crippen molar-refractivity contribution in [3.05, 3.63) is 40.5 Å². The van der Waals surface area contributed by atoms with Gasteiger partial charge in [0.15, 0.2) is 5.82 Å². The second-order valence-corrected chi connectivity index (χ2v) is 4.52. The molecule has 0 fully saturated rings. The topological polar surface area (TPSA) is 72.3 Å². The van der Waals surface area contributed by atoms with Crippen molar-refractivity contribution in [2.45, 2.75) is 13.8 Å². The van der Waals surface area contributed by atoms with Crippen LogP contribution in [0.15, 0.2) is 24.4 Å². The highest BCUT2D eigenvalue weighted by Gasteiger charge is 2.16. The third-order valence-corrected chi connectivity index (χ3v) is 3.10. The number of aromatic nitrogens is 2. The van der Waals surface area contributed by atoms with Gasteiger partial charge in [-0.15, -0.1) is 0 Å². The Bertz CT molecular complexity index is 659. The van der Waals surface area contributed by atoms with Crippen LogP contribution in [0.2, 0.25) is 5.02 Å². The Morgan fingerprint density at radius 1 is 1.45 bits per heavy atom. The van der Waals surface area contributed by atoms with E-state index in [-0.39, 0.29) is 12.2 Å². The normalized spacial score (nSPS) is 10.3. The fraction of sp³-hybridized carbons (Fsp3) is 0.214. The van der Waals surface area contributed by atoms with Gasteiger partial charge < -0.3 is 9.84 Å². The second kappa shape index (κ2) is 5.88. The summed E-state index contributed by atoms with van der Waals surface area (Å²) >= 11 is 5.95. The van der Waals surface area contributed by atoms with Crippen molar-refractivity contribution in [1.82, 2.24) is 9.97 Å². The Morgan fingerprint density at radius 3 is 2.80 bits per heavy atom. The lowest BCUT2D eigenvalue weighted by Crippen LogP contribution is -2.07. The third kappa shape index (κ3) is 2.88. The van der Waals surface area contributed by atoms with Crippen LogP contribution in [0, 0.1) is 6.92 Å². The highest BCUT2D eigenvalue weighted by molar-refractivity contribution is 6.31. The maximum atomic E-state index is 11.5. The van der Waals surface area contributed by atoms with Gasteiger partial charge in [0, 0.05) is 16.8 Å². The molecule has 0 aliphatic carbocycles. The van der Waals surface area contributed by atoms with Crippen LogP contribution in [-0.2, 0) is 4.74 Å². The Balaban J connectivity index is 2.37. The molecule has 1 aromatic carbocycles. The van der Waals surface area contributed by atoms with E-state index in [4.69, 9.17) is 16.3 Å². The maximum Gasteiger partial charge on any atom is 0.345 e. The van der Waals surface area contributed by atoms with Crippen LogP contribution in [0.5, 0.6) is 5.88 Å². The fourth-order valence-electron chi connectivity index (χ4n) is 1.65. The lowest BCUT2D eigenvalue weighted by Gasteiger charge is -2.06. The van der Waals surface area contributed by atoms with Gasteiger partial charge in [0.1, 0.15) is 5.56 Å². The lowest BCUT2D eigenvalue weighted by molar-refractivity contribution is 0.0521. The molecule has 1 heterocycles. The van der Waals surface area contributed by atoms with Crippen molar-refractivity contribution in [3.8, 4) is 17.3 Å². The van der Waals surface area contributed by atoms with Crippen molar-refractivity contribution >= 4 is 17.6 Å². The minimum Gasteiger partial charge on any atom is -0.493 e. The number of hydrogen-bond donors (Lipinski definition) is 1. The molecule has 0 aliphatic heterocycles. The number of halogens is 1. The Morgan fingerprint density at radius 2 is 2.20 bits per heavy atom. The Labute approximate surface area is 121 Å². The first-order valence-corrected chi connectivity index (χ1v) is 6.40. The van der Waals surface area contributed by atoms with Crippen LogP contribution in [0.3, 0.4) is 0 Å². The minimum atomic E-state index is -0.649. The number of benzene rings is 1. The minimum absolute atomic E-state index is 0.0544. The molecular formula is C14H13ClN2O3. The number of carbonyl (C=O) groups excluding carboxylic acids is 1. The molecule has 0 atom stereocenters. The van der Waals surface area contributed by atoms with Gasteiger partial charge in [0.05, 0.1) is 6.61 Å². The van der Waals surface area contributed by atoms with E-state index in [1.54, 1.807) is 25.1 Å². The molecule has 0 aliphatic rings. The number of nitrogens with zero attached hydrogens (tertiary/aromatic N) is 2. The van der Waals surface area contributed by atoms with Crippen molar-refractivity contribution in [2.75, 3.05) is 6.61 Å². The molecule has 104 valence electrons. The number of hydrogen-bond acceptors (Lipinski definition) is 5. The first-order chi connectivity index (χ1) is 9.52. The molecule has 5 nitrogen and oxygen atoms in total. The molecule has 0 bridgehead atoms. The van der Waals surface area contributed by atoms with Crippen molar-refractivity contribution < 1.29 is 14.6 Å². The molecule has 0 saturated carbocycles. The van der Waals surface area contributed by atoms with Gasteiger partial charge in [-0.25, -0.2) is 9.78 Å². The zero-order valence-corrected chi connectivity index (χ0v) is 11.8. The summed E-state index contributed by atoms with van der Waals surface area (Å²) in [5.74, 6) is -0.736. The molecule has 1 N–H and O–H groups in total. The Kier molecular flexibility index (Phi) is 4.20. The number of aromatic hydroxyl groups is 1. The zero-order chi connectivity index (χ0) is 14.7. The summed E-state index contributed by atoms with van der Waals surface area (Å²) in [6.07, 6.45) is 1.25. The van der Waals surface area contributed by atoms with Crippen LogP contribution in [-0.4, -0.2) is 27.7 Å². The number of esters is 1. The highest BCUT2D eigenvalue weighted by Crippen LogP contribution is 2.24. The standard InChI is InChI=1S/C14H13ClN2O3/c1-3-20-14(19)10-7-16-12(17-13(10)18)9-4-5-11(15)8(2)6-9/h4-7H,3H2,1-2H3,(H,16,17,18). The van der Waals surface area contributed by atoms with Crippen molar-refractivity contribution in [3.63, 3.8) is 0 Å². The van der Waals surface area contributed by atoms with E-state index in [0.29, 0.717) is 16.4 Å². The van der Waals surface area contributed by atoms with Crippen LogP contribution < -0.4 is 0 Å². The van der Waals surface area contributed by atoms with E-state index < -0.39 is 11.8 Å². The molecule has 20 heavy (non-hydrogen) atoms. The fourth-order valence-corrected chi connectivity index (χ4v) is 1.77. The second-order valence-electron chi connectivity index (χ2n) is 4.12. The van der Waals surface area contributed by atoms with E-state index in [0.717, 1.165) is 5.56 Å². The Hall–Kier alpha value is -2.14. The summed E-state index contributed by atoms with van der Waals surface area (Å²) in [4.78, 5) is 19.5. The van der Waals surface area contributed by atoms with E-state index in [1.807, 2.05) is 6.92 Å². The van der Waals surface area contributed by atoms with Crippen molar-refractivity contribution in [1.29, 1.82) is 0 Å². The monoisotopic (exact) mass is 292 g/mol. The number of aryl methyl sites for hydroxylation is 1. The summed E-state index contributed by atoms with van der Waals surface area (Å²) in [5, 5.41) is 10.4. The van der Waals surface area contributed by atoms with Gasteiger partial charge in [-0.3, -0.25) is 0 Å². The maximum absolute atomic E-state index is 11.5. The molecule has 1 aromatic heterocycles. The van der Waals surface area contributed by atoms with Gasteiger partial charge in [-0.05, 0) is 37.6 Å². The average molecular weight is 293 g/mol. The van der Waals surface area contributed by atoms with Gasteiger partial charge in [-0.2, -0.15) is 4.98 Å². The average Bonchev–Trinajstić information content (AvgIpc) is 2.42. The molecule has 2 rings (SSSR count). The number of carbonyl (C=O) groups is 1. The van der Waals surface area contributed by atoms with Crippen LogP contribution in [0.1, 0.15) is 22.8 Å². The highest BCUT2D eigenvalue weighted by atomic mass is 35.5. The summed E-state index contributed by atoms with van der Waals surface area (Å²) < 4.78 is 4.79. The summed E-state index contributed by atoms with van der Waals surface area (Å²) in [6.45, 7) is 3.76. The van der Waals surface area contributed by atoms with Gasteiger partial charge in [-0.1, -0.05) is 11.6 Å². The van der Waals surface area contributed by atoms with E-state index in [1.165, 1.54) is 6.20 Å². The molecule has 6 heteroatoms. The van der Waals surface area contributed by atoms with Crippen LogP contribution in [0.4, 0.5) is 0 Å². The molecule has 2 aromatic rings. The van der Waals surface area contributed by atoms with Crippen LogP contribution in [0.25, 0.3) is 11.4 Å². The van der Waals surface area contributed by atoms with Crippen LogP contribution >= 0.6 is 11.6 Å². The van der Waals surface area contributed by atoms with Gasteiger partial charge in [0.25, 0.3) is 0 Å². The molecule has 0 saturated heterocycles. The third-order valence-electron chi connectivity index (χ3n) is 2.68. The summed E-state index contributed by atoms with van der Waals surface area (Å²) in [6, 6.07) is 5.28. The first kappa shape index (κ1) is 14.3. The van der Waals surface area contributed by atoms with E-state index in [9.17, 15) is 9.90 Å². The van der Waals surface area contributed by atoms with E-state index in [2.05, 4.69) is 9.97 Å². The summed E-state index contributed by atoms with van der Waals surface area (Å²) in [5.41, 5.74) is 1.53. The molecule has 0 amide bonds. The molecule has 0 radical (unpaired) electrons. The smallest absolute Gasteiger partial charge is 0.345 e. The largest absolute Gasteiger partial charge is 0.493 e. The SMILES string of the molecule is CCOC(=O)c1cnc(-c2ccc(Cl)c(C)c2)nc1O. The predicted octanol–water partition coefficient (Wildman–Crippen LogP) is 2.99. The zero-order valence-electron chi connectivity index (χ0n) is 11.1. The molecular weight excluding hydrogens is 280 g/mol. The van der Waals surface area contributed by atoms with E-state index >= 15 is 0 Å². The first-order valence-electron chi connectivity index (χ1n) is 6.02. The number of rotatable bonds is 3. The number of ether oxygens (including phenoxy) is 1. The summed E-state index contributed by atoms with van der Waals surface area (Å²) in [7, 11) is 0. The molecule has 0 spiro atoms. The molecule has 0 unspecified atom stereocenters. The van der Waals surface area contributed by atoms with Gasteiger partial charge >= 0.3 is 5.97 Å². The van der Waals surface area contributed by atoms with Crippen molar-refractivity contribution in [2.24, 2.45) is 0 Å². The lowest BCUT2D eigenvalue weighted by atomic mass is 10.1. The van der Waals surface area contributed by atoms with Gasteiger partial charge in [0.2, 0.25) is 5.88 Å². The quantitative estimate of drug-likeness (QED) is 0.881.